The molecule has 0 bridgehead atoms. The number of halogens is 1. The van der Waals surface area contributed by atoms with Crippen molar-refractivity contribution in [2.75, 3.05) is 22.9 Å². The van der Waals surface area contributed by atoms with E-state index in [0.717, 1.165) is 10.6 Å². The maximum atomic E-state index is 13.7. The average molecular weight is 380 g/mol. The van der Waals surface area contributed by atoms with Crippen molar-refractivity contribution < 1.29 is 22.3 Å². The molecular formula is C18H21FN2O4S. The lowest BCUT2D eigenvalue weighted by atomic mass is 10.2. The fourth-order valence-electron chi connectivity index (χ4n) is 2.21. The molecule has 8 heteroatoms. The lowest BCUT2D eigenvalue weighted by Gasteiger charge is -2.19. The third-order valence-electron chi connectivity index (χ3n) is 3.74. The van der Waals surface area contributed by atoms with Crippen LogP contribution >= 0.6 is 0 Å². The van der Waals surface area contributed by atoms with Crippen LogP contribution < -0.4 is 14.4 Å². The summed E-state index contributed by atoms with van der Waals surface area (Å²) in [5.41, 5.74) is 0.826. The molecule has 1 atom stereocenters. The molecule has 0 spiro atoms. The van der Waals surface area contributed by atoms with Gasteiger partial charge in [-0.3, -0.25) is 9.10 Å². The van der Waals surface area contributed by atoms with E-state index in [1.807, 2.05) is 0 Å². The number of amides is 1. The van der Waals surface area contributed by atoms with Gasteiger partial charge in [-0.1, -0.05) is 25.1 Å². The first kappa shape index (κ1) is 19.7. The lowest BCUT2D eigenvalue weighted by Crippen LogP contribution is -2.32. The minimum absolute atomic E-state index is 0.0000559. The van der Waals surface area contributed by atoms with E-state index >= 15 is 0 Å². The van der Waals surface area contributed by atoms with Crippen LogP contribution in [0.1, 0.15) is 13.3 Å². The second-order valence-electron chi connectivity index (χ2n) is 5.72. The summed E-state index contributed by atoms with van der Waals surface area (Å²) >= 11 is 0. The summed E-state index contributed by atoms with van der Waals surface area (Å²) in [6, 6.07) is 12.3. The van der Waals surface area contributed by atoms with E-state index in [-0.39, 0.29) is 5.75 Å². The van der Waals surface area contributed by atoms with Crippen molar-refractivity contribution in [1.29, 1.82) is 0 Å². The third-order valence-corrected chi connectivity index (χ3v) is 4.95. The SMILES string of the molecule is CC[C@H](Oc1ccccc1F)C(=O)Nc1cccc(N(C)S(C)(=O)=O)c1. The Morgan fingerprint density at radius 2 is 1.92 bits per heavy atom. The Hall–Kier alpha value is -2.61. The van der Waals surface area contributed by atoms with Crippen LogP contribution in [0.4, 0.5) is 15.8 Å². The van der Waals surface area contributed by atoms with Gasteiger partial charge in [-0.25, -0.2) is 12.8 Å². The zero-order valence-electron chi connectivity index (χ0n) is 14.8. The van der Waals surface area contributed by atoms with E-state index in [9.17, 15) is 17.6 Å². The monoisotopic (exact) mass is 380 g/mol. The molecule has 0 aromatic heterocycles. The first-order valence-electron chi connectivity index (χ1n) is 7.98. The van der Waals surface area contributed by atoms with Gasteiger partial charge in [0, 0.05) is 12.7 Å². The molecule has 0 saturated carbocycles. The van der Waals surface area contributed by atoms with Crippen molar-refractivity contribution in [3.05, 3.63) is 54.3 Å². The second kappa shape index (κ2) is 8.18. The van der Waals surface area contributed by atoms with Crippen molar-refractivity contribution in [3.63, 3.8) is 0 Å². The van der Waals surface area contributed by atoms with E-state index in [2.05, 4.69) is 5.32 Å². The number of carbonyl (C=O) groups is 1. The number of nitrogens with one attached hydrogen (secondary N) is 1. The molecule has 0 saturated heterocycles. The van der Waals surface area contributed by atoms with Crippen molar-refractivity contribution in [1.82, 2.24) is 0 Å². The Bertz CT molecular complexity index is 886. The molecule has 140 valence electrons. The molecule has 6 nitrogen and oxygen atoms in total. The molecule has 1 N–H and O–H groups in total. The fraction of sp³-hybridized carbons (Fsp3) is 0.278. The normalized spacial score (nSPS) is 12.3. The quantitative estimate of drug-likeness (QED) is 0.801. The number of sulfonamides is 1. The molecule has 0 aliphatic carbocycles. The Labute approximate surface area is 152 Å². The summed E-state index contributed by atoms with van der Waals surface area (Å²) in [5.74, 6) is -0.995. The topological polar surface area (TPSA) is 75.7 Å². The summed E-state index contributed by atoms with van der Waals surface area (Å²) in [4.78, 5) is 12.4. The van der Waals surface area contributed by atoms with Gasteiger partial charge in [-0.05, 0) is 36.8 Å². The minimum Gasteiger partial charge on any atom is -0.478 e. The number of para-hydroxylation sites is 1. The highest BCUT2D eigenvalue weighted by atomic mass is 32.2. The van der Waals surface area contributed by atoms with E-state index in [1.165, 1.54) is 31.3 Å². The van der Waals surface area contributed by atoms with E-state index in [0.29, 0.717) is 17.8 Å². The predicted octanol–water partition coefficient (Wildman–Crippen LogP) is 3.02. The molecule has 0 aliphatic heterocycles. The van der Waals surface area contributed by atoms with Gasteiger partial charge in [0.05, 0.1) is 11.9 Å². The van der Waals surface area contributed by atoms with E-state index in [4.69, 9.17) is 4.74 Å². The van der Waals surface area contributed by atoms with E-state index < -0.39 is 27.9 Å². The van der Waals surface area contributed by atoms with Crippen LogP contribution in [-0.2, 0) is 14.8 Å². The number of carbonyl (C=O) groups excluding carboxylic acids is 1. The fourth-order valence-corrected chi connectivity index (χ4v) is 2.71. The van der Waals surface area contributed by atoms with Gasteiger partial charge in [0.1, 0.15) is 0 Å². The molecule has 26 heavy (non-hydrogen) atoms. The summed E-state index contributed by atoms with van der Waals surface area (Å²) in [6.45, 7) is 1.75. The van der Waals surface area contributed by atoms with Gasteiger partial charge in [-0.15, -0.1) is 0 Å². The summed E-state index contributed by atoms with van der Waals surface area (Å²) in [7, 11) is -1.99. The van der Waals surface area contributed by atoms with Crippen molar-refractivity contribution in [2.24, 2.45) is 0 Å². The average Bonchev–Trinajstić information content (AvgIpc) is 2.59. The third kappa shape index (κ3) is 4.95. The van der Waals surface area contributed by atoms with Gasteiger partial charge in [0.15, 0.2) is 17.7 Å². The standard InChI is InChI=1S/C18H21FN2O4S/c1-4-16(25-17-11-6-5-10-15(17)19)18(22)20-13-8-7-9-14(12-13)21(2)26(3,23)24/h5-12,16H,4H2,1-3H3,(H,20,22)/t16-/m0/s1. The second-order valence-corrected chi connectivity index (χ2v) is 7.73. The molecule has 0 unspecified atom stereocenters. The highest BCUT2D eigenvalue weighted by Gasteiger charge is 2.20. The smallest absolute Gasteiger partial charge is 0.265 e. The Morgan fingerprint density at radius 1 is 1.23 bits per heavy atom. The molecular weight excluding hydrogens is 359 g/mol. The summed E-state index contributed by atoms with van der Waals surface area (Å²) < 4.78 is 43.6. The van der Waals surface area contributed by atoms with Crippen LogP contribution in [0.15, 0.2) is 48.5 Å². The summed E-state index contributed by atoms with van der Waals surface area (Å²) in [5, 5.41) is 2.67. The molecule has 2 rings (SSSR count). The number of ether oxygens (including phenoxy) is 1. The number of nitrogens with zero attached hydrogens (tertiary/aromatic N) is 1. The number of anilines is 2. The molecule has 0 aliphatic rings. The maximum Gasteiger partial charge on any atom is 0.265 e. The number of hydrogen-bond donors (Lipinski definition) is 1. The van der Waals surface area contributed by atoms with Crippen molar-refractivity contribution in [2.45, 2.75) is 19.4 Å². The molecule has 2 aromatic carbocycles. The van der Waals surface area contributed by atoms with Gasteiger partial charge < -0.3 is 10.1 Å². The van der Waals surface area contributed by atoms with Crippen LogP contribution in [-0.4, -0.2) is 33.7 Å². The molecule has 0 fully saturated rings. The predicted molar refractivity (Wildman–Crippen MR) is 99.4 cm³/mol. The zero-order valence-corrected chi connectivity index (χ0v) is 15.6. The molecule has 1 amide bonds. The molecule has 0 radical (unpaired) electrons. The van der Waals surface area contributed by atoms with Crippen LogP contribution in [0.25, 0.3) is 0 Å². The van der Waals surface area contributed by atoms with Crippen molar-refractivity contribution >= 4 is 27.3 Å². The highest BCUT2D eigenvalue weighted by Crippen LogP contribution is 2.22. The number of hydrogen-bond acceptors (Lipinski definition) is 4. The Balaban J connectivity index is 2.14. The van der Waals surface area contributed by atoms with Crippen LogP contribution in [0.5, 0.6) is 5.75 Å². The first-order valence-corrected chi connectivity index (χ1v) is 9.83. The van der Waals surface area contributed by atoms with Crippen LogP contribution in [0.3, 0.4) is 0 Å². The minimum atomic E-state index is -3.41. The van der Waals surface area contributed by atoms with Gasteiger partial charge >= 0.3 is 0 Å². The lowest BCUT2D eigenvalue weighted by molar-refractivity contribution is -0.122. The molecule has 0 heterocycles. The zero-order chi connectivity index (χ0) is 19.3. The summed E-state index contributed by atoms with van der Waals surface area (Å²) in [6.07, 6.45) is 0.541. The maximum absolute atomic E-state index is 13.7. The molecule has 2 aromatic rings. The van der Waals surface area contributed by atoms with Gasteiger partial charge in [0.2, 0.25) is 10.0 Å². The first-order chi connectivity index (χ1) is 12.2. The van der Waals surface area contributed by atoms with Crippen LogP contribution in [0.2, 0.25) is 0 Å². The number of benzene rings is 2. The van der Waals surface area contributed by atoms with Crippen molar-refractivity contribution in [3.8, 4) is 5.75 Å². The Morgan fingerprint density at radius 3 is 2.54 bits per heavy atom. The van der Waals surface area contributed by atoms with Gasteiger partial charge in [0.25, 0.3) is 5.91 Å². The Kier molecular flexibility index (Phi) is 6.20. The van der Waals surface area contributed by atoms with Gasteiger partial charge in [-0.2, -0.15) is 0 Å². The van der Waals surface area contributed by atoms with E-state index in [1.54, 1.807) is 31.2 Å². The highest BCUT2D eigenvalue weighted by molar-refractivity contribution is 7.92. The largest absolute Gasteiger partial charge is 0.478 e. The van der Waals surface area contributed by atoms with Crippen LogP contribution in [0, 0.1) is 5.82 Å². The number of rotatable bonds is 7.